The molecule has 1 aliphatic heterocycles. The van der Waals surface area contributed by atoms with Gasteiger partial charge in [-0.15, -0.1) is 0 Å². The standard InChI is InChI=1S/C18H20N2O3/c21-16-10-11-20-12-15(23-18(20)19-16)17(13-6-4-5-7-13)22-14-8-2-1-3-9-14/h1-3,8-11,13,15,17H,4-7,12H2. The van der Waals surface area contributed by atoms with Gasteiger partial charge in [0, 0.05) is 12.3 Å². The fraction of sp³-hybridized carbons (Fsp3) is 0.444. The van der Waals surface area contributed by atoms with Crippen LogP contribution in [0.15, 0.2) is 47.4 Å². The predicted molar refractivity (Wildman–Crippen MR) is 85.7 cm³/mol. The van der Waals surface area contributed by atoms with E-state index in [-0.39, 0.29) is 17.8 Å². The van der Waals surface area contributed by atoms with Gasteiger partial charge in [-0.1, -0.05) is 31.0 Å². The summed E-state index contributed by atoms with van der Waals surface area (Å²) in [6.07, 6.45) is 6.45. The zero-order valence-corrected chi connectivity index (χ0v) is 12.9. The smallest absolute Gasteiger partial charge is 0.300 e. The third-order valence-electron chi connectivity index (χ3n) is 4.73. The predicted octanol–water partition coefficient (Wildman–Crippen LogP) is 2.64. The van der Waals surface area contributed by atoms with Crippen molar-refractivity contribution in [3.05, 3.63) is 52.9 Å². The molecule has 2 unspecified atom stereocenters. The summed E-state index contributed by atoms with van der Waals surface area (Å²) >= 11 is 0. The molecule has 2 atom stereocenters. The lowest BCUT2D eigenvalue weighted by atomic mass is 9.96. The normalized spacial score (nSPS) is 21.7. The van der Waals surface area contributed by atoms with Crippen molar-refractivity contribution in [2.75, 3.05) is 0 Å². The van der Waals surface area contributed by atoms with Gasteiger partial charge in [0.05, 0.1) is 6.54 Å². The molecule has 0 N–H and O–H groups in total. The van der Waals surface area contributed by atoms with E-state index in [0.717, 1.165) is 5.75 Å². The number of nitrogens with zero attached hydrogens (tertiary/aromatic N) is 2. The Morgan fingerprint density at radius 3 is 2.74 bits per heavy atom. The fourth-order valence-electron chi connectivity index (χ4n) is 3.60. The largest absolute Gasteiger partial charge is 0.486 e. The zero-order chi connectivity index (χ0) is 15.6. The van der Waals surface area contributed by atoms with Crippen LogP contribution in [0.2, 0.25) is 0 Å². The van der Waals surface area contributed by atoms with Crippen LogP contribution in [-0.2, 0) is 6.54 Å². The third-order valence-corrected chi connectivity index (χ3v) is 4.73. The number of fused-ring (bicyclic) bond motifs is 1. The summed E-state index contributed by atoms with van der Waals surface area (Å²) in [6.45, 7) is 0.677. The van der Waals surface area contributed by atoms with Crippen molar-refractivity contribution in [3.63, 3.8) is 0 Å². The second-order valence-electron chi connectivity index (χ2n) is 6.30. The van der Waals surface area contributed by atoms with E-state index in [2.05, 4.69) is 4.98 Å². The average molecular weight is 312 g/mol. The molecule has 0 spiro atoms. The second-order valence-corrected chi connectivity index (χ2v) is 6.30. The Hall–Kier alpha value is -2.30. The molecule has 2 aromatic rings. The van der Waals surface area contributed by atoms with E-state index in [1.54, 1.807) is 6.20 Å². The molecule has 1 saturated carbocycles. The average Bonchev–Trinajstić information content (AvgIpc) is 3.22. The Balaban J connectivity index is 1.57. The van der Waals surface area contributed by atoms with E-state index in [9.17, 15) is 4.79 Å². The molecule has 1 aromatic carbocycles. The number of hydrogen-bond acceptors (Lipinski definition) is 4. The maximum absolute atomic E-state index is 11.4. The minimum Gasteiger partial charge on any atom is -0.486 e. The summed E-state index contributed by atoms with van der Waals surface area (Å²) in [6, 6.07) is 11.8. The van der Waals surface area contributed by atoms with Crippen LogP contribution in [0.5, 0.6) is 11.8 Å². The number of ether oxygens (including phenoxy) is 2. The number of para-hydroxylation sites is 1. The highest BCUT2D eigenvalue weighted by molar-refractivity contribution is 5.22. The van der Waals surface area contributed by atoms with Gasteiger partial charge in [-0.2, -0.15) is 4.98 Å². The molecule has 2 heterocycles. The SMILES string of the molecule is O=c1ccn2c(n1)OC(C(Oc1ccccc1)C1CCCC1)C2. The lowest BCUT2D eigenvalue weighted by molar-refractivity contribution is 0.0256. The van der Waals surface area contributed by atoms with Crippen LogP contribution in [0, 0.1) is 5.92 Å². The number of benzene rings is 1. The van der Waals surface area contributed by atoms with Gasteiger partial charge in [0.25, 0.3) is 11.6 Å². The van der Waals surface area contributed by atoms with Crippen LogP contribution < -0.4 is 15.0 Å². The molecule has 120 valence electrons. The molecule has 0 amide bonds. The molecular weight excluding hydrogens is 292 g/mol. The van der Waals surface area contributed by atoms with Gasteiger partial charge in [-0.05, 0) is 30.9 Å². The van der Waals surface area contributed by atoms with Gasteiger partial charge >= 0.3 is 0 Å². The summed E-state index contributed by atoms with van der Waals surface area (Å²) in [5.41, 5.74) is -0.265. The maximum Gasteiger partial charge on any atom is 0.300 e. The fourth-order valence-corrected chi connectivity index (χ4v) is 3.60. The quantitative estimate of drug-likeness (QED) is 0.871. The van der Waals surface area contributed by atoms with Crippen molar-refractivity contribution in [2.24, 2.45) is 5.92 Å². The highest BCUT2D eigenvalue weighted by Crippen LogP contribution is 2.34. The van der Waals surface area contributed by atoms with Gasteiger partial charge < -0.3 is 9.47 Å². The van der Waals surface area contributed by atoms with Crippen molar-refractivity contribution in [3.8, 4) is 11.8 Å². The molecular formula is C18H20N2O3. The molecule has 4 rings (SSSR count). The van der Waals surface area contributed by atoms with Gasteiger partial charge in [0.2, 0.25) is 0 Å². The molecule has 1 aliphatic carbocycles. The molecule has 0 saturated heterocycles. The lowest BCUT2D eigenvalue weighted by Crippen LogP contribution is -2.41. The van der Waals surface area contributed by atoms with Crippen LogP contribution >= 0.6 is 0 Å². The summed E-state index contributed by atoms with van der Waals surface area (Å²) in [5.74, 6) is 1.35. The van der Waals surface area contributed by atoms with Crippen LogP contribution in [0.4, 0.5) is 0 Å². The Labute approximate surface area is 134 Å². The van der Waals surface area contributed by atoms with E-state index in [1.165, 1.54) is 31.7 Å². The van der Waals surface area contributed by atoms with E-state index in [4.69, 9.17) is 9.47 Å². The van der Waals surface area contributed by atoms with E-state index < -0.39 is 0 Å². The van der Waals surface area contributed by atoms with Gasteiger partial charge in [0.1, 0.15) is 11.9 Å². The number of rotatable bonds is 4. The minimum atomic E-state index is -0.265. The topological polar surface area (TPSA) is 53.4 Å². The van der Waals surface area contributed by atoms with Crippen molar-refractivity contribution in [1.29, 1.82) is 0 Å². The Bertz CT molecular complexity index is 723. The van der Waals surface area contributed by atoms with E-state index in [0.29, 0.717) is 18.5 Å². The summed E-state index contributed by atoms with van der Waals surface area (Å²) in [7, 11) is 0. The maximum atomic E-state index is 11.4. The Morgan fingerprint density at radius 2 is 1.96 bits per heavy atom. The van der Waals surface area contributed by atoms with Gasteiger partial charge in [-0.25, -0.2) is 0 Å². The van der Waals surface area contributed by atoms with E-state index >= 15 is 0 Å². The van der Waals surface area contributed by atoms with Crippen molar-refractivity contribution >= 4 is 0 Å². The molecule has 1 fully saturated rings. The van der Waals surface area contributed by atoms with Gasteiger partial charge in [-0.3, -0.25) is 9.36 Å². The monoisotopic (exact) mass is 312 g/mol. The van der Waals surface area contributed by atoms with E-state index in [1.807, 2.05) is 34.9 Å². The van der Waals surface area contributed by atoms with Crippen LogP contribution in [-0.4, -0.2) is 21.8 Å². The first-order chi connectivity index (χ1) is 11.3. The van der Waals surface area contributed by atoms with Crippen molar-refractivity contribution < 1.29 is 9.47 Å². The Morgan fingerprint density at radius 1 is 1.17 bits per heavy atom. The third kappa shape index (κ3) is 2.96. The van der Waals surface area contributed by atoms with Crippen LogP contribution in [0.25, 0.3) is 0 Å². The summed E-state index contributed by atoms with van der Waals surface area (Å²) in [5, 5.41) is 0. The number of aromatic nitrogens is 2. The minimum absolute atomic E-state index is 0.0169. The second kappa shape index (κ2) is 6.07. The first kappa shape index (κ1) is 14.3. The van der Waals surface area contributed by atoms with Crippen LogP contribution in [0.3, 0.4) is 0 Å². The first-order valence-electron chi connectivity index (χ1n) is 8.25. The van der Waals surface area contributed by atoms with Crippen LogP contribution in [0.1, 0.15) is 25.7 Å². The van der Waals surface area contributed by atoms with Gasteiger partial charge in [0.15, 0.2) is 6.10 Å². The molecule has 5 heteroatoms. The summed E-state index contributed by atoms with van der Waals surface area (Å²) < 4.78 is 14.2. The Kier molecular flexibility index (Phi) is 3.77. The molecule has 23 heavy (non-hydrogen) atoms. The highest BCUT2D eigenvalue weighted by Gasteiger charge is 2.38. The zero-order valence-electron chi connectivity index (χ0n) is 12.9. The molecule has 0 radical (unpaired) electrons. The lowest BCUT2D eigenvalue weighted by Gasteiger charge is -2.28. The summed E-state index contributed by atoms with van der Waals surface area (Å²) in [4.78, 5) is 15.4. The molecule has 1 aromatic heterocycles. The first-order valence-corrected chi connectivity index (χ1v) is 8.25. The van der Waals surface area contributed by atoms with Crippen molar-refractivity contribution in [1.82, 2.24) is 9.55 Å². The van der Waals surface area contributed by atoms with Crippen molar-refractivity contribution in [2.45, 2.75) is 44.4 Å². The number of hydrogen-bond donors (Lipinski definition) is 0. The molecule has 2 aliphatic rings. The molecule has 0 bridgehead atoms. The molecule has 5 nitrogen and oxygen atoms in total. The highest BCUT2D eigenvalue weighted by atomic mass is 16.6.